The maximum atomic E-state index is 12.9. The van der Waals surface area contributed by atoms with E-state index in [1.807, 2.05) is 31.2 Å². The largest absolute Gasteiger partial charge is 0.384 e. The molecule has 1 atom stereocenters. The van der Waals surface area contributed by atoms with Crippen molar-refractivity contribution in [2.24, 2.45) is 5.92 Å². The van der Waals surface area contributed by atoms with Crippen molar-refractivity contribution in [1.82, 2.24) is 15.4 Å². The van der Waals surface area contributed by atoms with E-state index in [-0.39, 0.29) is 11.8 Å². The summed E-state index contributed by atoms with van der Waals surface area (Å²) >= 11 is 0. The number of aromatic amines is 1. The molecule has 1 aromatic carbocycles. The van der Waals surface area contributed by atoms with Crippen LogP contribution in [-0.2, 0) is 15.2 Å². The highest BCUT2D eigenvalue weighted by molar-refractivity contribution is 6.64. The number of anilines is 1. The number of carbonyl (C=O) groups is 2. The van der Waals surface area contributed by atoms with Crippen molar-refractivity contribution < 1.29 is 14.7 Å². The van der Waals surface area contributed by atoms with Gasteiger partial charge in [0.25, 0.3) is 7.41 Å². The first-order valence-corrected chi connectivity index (χ1v) is 10.5. The van der Waals surface area contributed by atoms with Gasteiger partial charge >= 0.3 is 0 Å². The van der Waals surface area contributed by atoms with Crippen LogP contribution < -0.4 is 10.5 Å². The second kappa shape index (κ2) is 9.58. The third-order valence-corrected chi connectivity index (χ3v) is 5.72. The topological polar surface area (TPSA) is 107 Å². The minimum absolute atomic E-state index is 0.135. The predicted octanol–water partition coefficient (Wildman–Crippen LogP) is 2.90. The van der Waals surface area contributed by atoms with Gasteiger partial charge in [0.1, 0.15) is 11.3 Å². The number of hydrogen-bond acceptors (Lipinski definition) is 5. The fraction of sp³-hybridized carbons (Fsp3) is 0.500. The van der Waals surface area contributed by atoms with Gasteiger partial charge in [-0.15, -0.1) is 0 Å². The number of hydrogen-bond donors (Lipinski definition) is 4. The SMILES string of the molecule is Cc1[nH]nc(C(C)(C)O)c1-c1ccc(NC(=O)[C@@H](N[B]C=O)C2CCCCC2)cc1. The highest BCUT2D eigenvalue weighted by Gasteiger charge is 2.29. The van der Waals surface area contributed by atoms with Crippen molar-refractivity contribution in [1.29, 1.82) is 0 Å². The summed E-state index contributed by atoms with van der Waals surface area (Å²) in [6.45, 7) is 5.32. The monoisotopic (exact) mass is 409 g/mol. The first-order chi connectivity index (χ1) is 14.3. The zero-order chi connectivity index (χ0) is 21.7. The third kappa shape index (κ3) is 5.18. The number of aryl methyl sites for hydroxylation is 1. The van der Waals surface area contributed by atoms with Crippen LogP contribution in [0.15, 0.2) is 24.3 Å². The van der Waals surface area contributed by atoms with Crippen LogP contribution in [0.3, 0.4) is 0 Å². The lowest BCUT2D eigenvalue weighted by Crippen LogP contribution is -2.48. The molecule has 1 aromatic heterocycles. The van der Waals surface area contributed by atoms with Crippen molar-refractivity contribution in [3.05, 3.63) is 35.7 Å². The first kappa shape index (κ1) is 22.2. The lowest BCUT2D eigenvalue weighted by atomic mass is 9.81. The fourth-order valence-corrected chi connectivity index (χ4v) is 4.20. The molecule has 0 aliphatic heterocycles. The number of nitrogens with zero attached hydrogens (tertiary/aromatic N) is 1. The summed E-state index contributed by atoms with van der Waals surface area (Å²) in [4.78, 5) is 23.7. The van der Waals surface area contributed by atoms with Gasteiger partial charge in [0.2, 0.25) is 5.91 Å². The Hall–Kier alpha value is -2.45. The number of rotatable bonds is 8. The molecule has 8 heteroatoms. The molecule has 159 valence electrons. The lowest BCUT2D eigenvalue weighted by molar-refractivity contribution is -0.119. The first-order valence-electron chi connectivity index (χ1n) is 10.5. The molecule has 4 N–H and O–H groups in total. The molecule has 0 bridgehead atoms. The molecule has 1 aliphatic carbocycles. The molecule has 1 heterocycles. The predicted molar refractivity (Wildman–Crippen MR) is 119 cm³/mol. The van der Waals surface area contributed by atoms with E-state index in [2.05, 4.69) is 20.7 Å². The smallest absolute Gasteiger partial charge is 0.291 e. The van der Waals surface area contributed by atoms with Gasteiger partial charge in [-0.05, 0) is 57.2 Å². The second-order valence-electron chi connectivity index (χ2n) is 8.54. The van der Waals surface area contributed by atoms with Crippen LogP contribution in [-0.4, -0.2) is 40.9 Å². The maximum Gasteiger partial charge on any atom is 0.291 e. The zero-order valence-corrected chi connectivity index (χ0v) is 17.9. The van der Waals surface area contributed by atoms with Crippen molar-refractivity contribution in [3.8, 4) is 11.1 Å². The van der Waals surface area contributed by atoms with E-state index < -0.39 is 11.6 Å². The van der Waals surface area contributed by atoms with Gasteiger partial charge in [-0.2, -0.15) is 5.10 Å². The maximum absolute atomic E-state index is 12.9. The average molecular weight is 409 g/mol. The van der Waals surface area contributed by atoms with Crippen LogP contribution in [0, 0.1) is 12.8 Å². The summed E-state index contributed by atoms with van der Waals surface area (Å²) in [7, 11) is 1.31. The Bertz CT molecular complexity index is 867. The van der Waals surface area contributed by atoms with E-state index in [1.54, 1.807) is 13.8 Å². The lowest BCUT2D eigenvalue weighted by Gasteiger charge is -2.29. The van der Waals surface area contributed by atoms with Crippen molar-refractivity contribution in [2.45, 2.75) is 64.5 Å². The number of H-pyrrole nitrogens is 1. The molecule has 0 unspecified atom stereocenters. The molecule has 2 aromatic rings. The third-order valence-electron chi connectivity index (χ3n) is 5.72. The summed E-state index contributed by atoms with van der Waals surface area (Å²) < 4.78 is 0. The summed E-state index contributed by atoms with van der Waals surface area (Å²) in [5.41, 5.74) is 2.84. The number of carbonyl (C=O) groups excluding carboxylic acids is 2. The molecule has 0 spiro atoms. The summed E-state index contributed by atoms with van der Waals surface area (Å²) in [6, 6.07) is 7.07. The quantitative estimate of drug-likeness (QED) is 0.396. The van der Waals surface area contributed by atoms with Crippen molar-refractivity contribution >= 4 is 25.2 Å². The Labute approximate surface area is 178 Å². The van der Waals surface area contributed by atoms with E-state index in [1.165, 1.54) is 13.8 Å². The van der Waals surface area contributed by atoms with Gasteiger partial charge in [0.05, 0.1) is 12.2 Å². The van der Waals surface area contributed by atoms with Gasteiger partial charge in [-0.3, -0.25) is 9.89 Å². The van der Waals surface area contributed by atoms with Crippen LogP contribution in [0.5, 0.6) is 0 Å². The van der Waals surface area contributed by atoms with Gasteiger partial charge in [-0.1, -0.05) is 31.4 Å². The summed E-state index contributed by atoms with van der Waals surface area (Å²) in [5, 5.41) is 23.5. The van der Waals surface area contributed by atoms with E-state index in [9.17, 15) is 14.7 Å². The van der Waals surface area contributed by atoms with E-state index in [0.29, 0.717) is 17.6 Å². The molecule has 1 radical (unpaired) electrons. The van der Waals surface area contributed by atoms with E-state index in [4.69, 9.17) is 0 Å². The van der Waals surface area contributed by atoms with Crippen LogP contribution in [0.1, 0.15) is 57.3 Å². The highest BCUT2D eigenvalue weighted by Crippen LogP contribution is 2.33. The zero-order valence-electron chi connectivity index (χ0n) is 17.9. The standard InChI is InChI=1S/C22H30BN4O3/c1-14-18(20(27-26-14)22(2,3)30)15-9-11-17(12-10-15)24-21(29)19(25-23-13-28)16-7-5-4-6-8-16/h9-13,16,19,25,30H,4-8H2,1-3H3,(H,24,29)(H,26,27)/t19-/m0/s1. The summed E-state index contributed by atoms with van der Waals surface area (Å²) in [6.07, 6.45) is 6.06. The second-order valence-corrected chi connectivity index (χ2v) is 8.54. The average Bonchev–Trinajstić information content (AvgIpc) is 3.12. The minimum atomic E-state index is -1.07. The van der Waals surface area contributed by atoms with Crippen LogP contribution in [0.2, 0.25) is 0 Å². The van der Waals surface area contributed by atoms with Gasteiger partial charge in [0, 0.05) is 16.9 Å². The molecule has 1 fully saturated rings. The van der Waals surface area contributed by atoms with E-state index in [0.717, 1.165) is 42.5 Å². The van der Waals surface area contributed by atoms with Gasteiger partial charge < -0.3 is 20.4 Å². The molecule has 1 saturated carbocycles. The molecule has 0 saturated heterocycles. The normalized spacial score (nSPS) is 16.1. The number of amides is 1. The van der Waals surface area contributed by atoms with Gasteiger partial charge in [0.15, 0.2) is 0 Å². The Kier molecular flexibility index (Phi) is 7.10. The molecule has 30 heavy (non-hydrogen) atoms. The minimum Gasteiger partial charge on any atom is -0.384 e. The molecule has 3 rings (SSSR count). The molecular formula is C22H30BN4O3. The fourth-order valence-electron chi connectivity index (χ4n) is 4.20. The number of benzene rings is 1. The molecule has 1 aliphatic rings. The van der Waals surface area contributed by atoms with Crippen molar-refractivity contribution in [3.63, 3.8) is 0 Å². The van der Waals surface area contributed by atoms with Crippen LogP contribution >= 0.6 is 0 Å². The highest BCUT2D eigenvalue weighted by atomic mass is 16.3. The number of aromatic nitrogens is 2. The molecular weight excluding hydrogens is 379 g/mol. The molecule has 1 amide bonds. The Morgan fingerprint density at radius 3 is 2.53 bits per heavy atom. The molecule has 7 nitrogen and oxygen atoms in total. The number of aliphatic hydroxyl groups is 1. The Morgan fingerprint density at radius 1 is 1.27 bits per heavy atom. The Balaban J connectivity index is 1.75. The van der Waals surface area contributed by atoms with Crippen LogP contribution in [0.25, 0.3) is 11.1 Å². The van der Waals surface area contributed by atoms with Crippen LogP contribution in [0.4, 0.5) is 5.69 Å². The van der Waals surface area contributed by atoms with Gasteiger partial charge in [-0.25, -0.2) is 0 Å². The Morgan fingerprint density at radius 2 is 1.93 bits per heavy atom. The summed E-state index contributed by atoms with van der Waals surface area (Å²) in [5.74, 6) is 0.0848. The number of nitrogens with one attached hydrogen (secondary N) is 3. The van der Waals surface area contributed by atoms with E-state index >= 15 is 0 Å². The van der Waals surface area contributed by atoms with Crippen molar-refractivity contribution in [2.75, 3.05) is 5.32 Å².